The highest BCUT2D eigenvalue weighted by molar-refractivity contribution is 5.94. The maximum absolute atomic E-state index is 12.9. The van der Waals surface area contributed by atoms with Crippen molar-refractivity contribution in [2.75, 3.05) is 32.7 Å². The van der Waals surface area contributed by atoms with Gasteiger partial charge in [-0.3, -0.25) is 9.69 Å². The fourth-order valence-electron chi connectivity index (χ4n) is 2.66. The second-order valence-corrected chi connectivity index (χ2v) is 5.62. The van der Waals surface area contributed by atoms with Crippen LogP contribution in [0, 0.1) is 34.4 Å². The molecule has 1 atom stereocenters. The fraction of sp³-hybridized carbons (Fsp3) is 0.471. The summed E-state index contributed by atoms with van der Waals surface area (Å²) in [6.07, 6.45) is 0.975. The minimum absolute atomic E-state index is 0.0917. The maximum Gasteiger partial charge on any atom is 0.253 e. The van der Waals surface area contributed by atoms with Gasteiger partial charge in [-0.05, 0) is 30.7 Å². The normalized spacial score (nSPS) is 16.4. The number of carbonyl (C=O) groups is 1. The first-order valence-corrected chi connectivity index (χ1v) is 7.68. The smallest absolute Gasteiger partial charge is 0.253 e. The molecule has 1 aromatic rings. The first kappa shape index (κ1) is 16.9. The summed E-state index contributed by atoms with van der Waals surface area (Å²) in [6.45, 7) is 3.23. The molecule has 5 nitrogen and oxygen atoms in total. The number of halogens is 1. The van der Waals surface area contributed by atoms with Crippen molar-refractivity contribution in [2.24, 2.45) is 5.92 Å². The zero-order valence-electron chi connectivity index (χ0n) is 12.9. The van der Waals surface area contributed by atoms with E-state index in [2.05, 4.69) is 17.0 Å². The number of carbonyl (C=O) groups excluding carboxylic acids is 1. The second kappa shape index (κ2) is 8.26. The Kier molecular flexibility index (Phi) is 6.08. The van der Waals surface area contributed by atoms with E-state index in [4.69, 9.17) is 10.5 Å². The molecule has 0 N–H and O–H groups in total. The summed E-state index contributed by atoms with van der Waals surface area (Å²) in [4.78, 5) is 16.2. The number of amides is 1. The predicted octanol–water partition coefficient (Wildman–Crippen LogP) is 2.03. The molecule has 2 rings (SSSR count). The maximum atomic E-state index is 12.9. The Balaban J connectivity index is 1.84. The van der Waals surface area contributed by atoms with Crippen LogP contribution in [0.25, 0.3) is 0 Å². The van der Waals surface area contributed by atoms with Crippen LogP contribution in [0.2, 0.25) is 0 Å². The molecule has 0 saturated carbocycles. The van der Waals surface area contributed by atoms with Crippen LogP contribution >= 0.6 is 0 Å². The molecule has 0 spiro atoms. The summed E-state index contributed by atoms with van der Waals surface area (Å²) >= 11 is 0. The standard InChI is InChI=1S/C17H19FN4O/c18-16-5-3-15(4-6-16)17(23)22-10-8-21(9-11-22)13-14(12-20)2-1-7-19/h3-6,14H,1-2,8-11,13H2. The third kappa shape index (κ3) is 4.77. The first-order chi connectivity index (χ1) is 11.1. The summed E-state index contributed by atoms with van der Waals surface area (Å²) in [6, 6.07) is 9.88. The van der Waals surface area contributed by atoms with Crippen molar-refractivity contribution < 1.29 is 9.18 Å². The van der Waals surface area contributed by atoms with Crippen LogP contribution in [0.5, 0.6) is 0 Å². The van der Waals surface area contributed by atoms with Gasteiger partial charge in [-0.25, -0.2) is 4.39 Å². The minimum atomic E-state index is -0.355. The monoisotopic (exact) mass is 314 g/mol. The van der Waals surface area contributed by atoms with Gasteiger partial charge in [-0.2, -0.15) is 10.5 Å². The molecule has 1 aliphatic rings. The molecule has 0 bridgehead atoms. The van der Waals surface area contributed by atoms with Gasteiger partial charge in [0.25, 0.3) is 5.91 Å². The Bertz CT molecular complexity index is 609. The van der Waals surface area contributed by atoms with Crippen molar-refractivity contribution in [3.05, 3.63) is 35.6 Å². The van der Waals surface area contributed by atoms with Crippen LogP contribution in [0.15, 0.2) is 24.3 Å². The summed E-state index contributed by atoms with van der Waals surface area (Å²) in [5.41, 5.74) is 0.490. The van der Waals surface area contributed by atoms with Gasteiger partial charge in [0.2, 0.25) is 0 Å². The molecule has 0 aliphatic carbocycles. The quantitative estimate of drug-likeness (QED) is 0.833. The number of rotatable bonds is 5. The van der Waals surface area contributed by atoms with E-state index in [9.17, 15) is 9.18 Å². The Morgan fingerprint density at radius 3 is 2.39 bits per heavy atom. The zero-order chi connectivity index (χ0) is 16.7. The van der Waals surface area contributed by atoms with Gasteiger partial charge in [0.05, 0.1) is 18.1 Å². The Hall–Kier alpha value is -2.44. The van der Waals surface area contributed by atoms with Crippen molar-refractivity contribution in [3.8, 4) is 12.1 Å². The zero-order valence-corrected chi connectivity index (χ0v) is 12.9. The van der Waals surface area contributed by atoms with Gasteiger partial charge >= 0.3 is 0 Å². The topological polar surface area (TPSA) is 71.1 Å². The predicted molar refractivity (Wildman–Crippen MR) is 82.7 cm³/mol. The Morgan fingerprint density at radius 1 is 1.17 bits per heavy atom. The van der Waals surface area contributed by atoms with E-state index in [-0.39, 0.29) is 17.6 Å². The number of nitrogens with zero attached hydrogens (tertiary/aromatic N) is 4. The summed E-state index contributed by atoms with van der Waals surface area (Å²) in [5.74, 6) is -0.591. The van der Waals surface area contributed by atoms with Crippen molar-refractivity contribution in [1.82, 2.24) is 9.80 Å². The van der Waals surface area contributed by atoms with E-state index in [1.165, 1.54) is 24.3 Å². The number of hydrogen-bond acceptors (Lipinski definition) is 4. The first-order valence-electron chi connectivity index (χ1n) is 7.68. The number of piperazine rings is 1. The van der Waals surface area contributed by atoms with Crippen molar-refractivity contribution in [2.45, 2.75) is 12.8 Å². The van der Waals surface area contributed by atoms with E-state index in [1.807, 2.05) is 0 Å². The van der Waals surface area contributed by atoms with Crippen molar-refractivity contribution in [1.29, 1.82) is 10.5 Å². The van der Waals surface area contributed by atoms with Crippen LogP contribution in [0.1, 0.15) is 23.2 Å². The lowest BCUT2D eigenvalue weighted by Crippen LogP contribution is -2.49. The van der Waals surface area contributed by atoms with Crippen molar-refractivity contribution >= 4 is 5.91 Å². The molecule has 1 saturated heterocycles. The summed E-state index contributed by atoms with van der Waals surface area (Å²) in [7, 11) is 0. The van der Waals surface area contributed by atoms with Crippen LogP contribution in [0.4, 0.5) is 4.39 Å². The van der Waals surface area contributed by atoms with E-state index in [0.29, 0.717) is 51.1 Å². The van der Waals surface area contributed by atoms with Crippen LogP contribution in [-0.4, -0.2) is 48.4 Å². The fourth-order valence-corrected chi connectivity index (χ4v) is 2.66. The molecule has 0 aromatic heterocycles. The van der Waals surface area contributed by atoms with E-state index in [0.717, 1.165) is 0 Å². The molecule has 1 amide bonds. The second-order valence-electron chi connectivity index (χ2n) is 5.62. The Labute approximate surface area is 135 Å². The third-order valence-corrected chi connectivity index (χ3v) is 4.02. The molecule has 1 heterocycles. The van der Waals surface area contributed by atoms with E-state index in [1.54, 1.807) is 4.90 Å². The Morgan fingerprint density at radius 2 is 1.83 bits per heavy atom. The molecule has 1 aromatic carbocycles. The number of nitriles is 2. The largest absolute Gasteiger partial charge is 0.336 e. The minimum Gasteiger partial charge on any atom is -0.336 e. The van der Waals surface area contributed by atoms with Crippen LogP contribution in [-0.2, 0) is 0 Å². The lowest BCUT2D eigenvalue weighted by atomic mass is 10.0. The lowest BCUT2D eigenvalue weighted by Gasteiger charge is -2.35. The van der Waals surface area contributed by atoms with E-state index >= 15 is 0 Å². The van der Waals surface area contributed by atoms with Crippen LogP contribution < -0.4 is 0 Å². The lowest BCUT2D eigenvalue weighted by molar-refractivity contribution is 0.0625. The number of hydrogen-bond donors (Lipinski definition) is 0. The van der Waals surface area contributed by atoms with Gasteiger partial charge in [0.15, 0.2) is 0 Å². The van der Waals surface area contributed by atoms with Gasteiger partial charge in [0.1, 0.15) is 5.82 Å². The van der Waals surface area contributed by atoms with Gasteiger partial charge < -0.3 is 4.90 Å². The van der Waals surface area contributed by atoms with Gasteiger partial charge in [-0.15, -0.1) is 0 Å². The molecular weight excluding hydrogens is 295 g/mol. The highest BCUT2D eigenvalue weighted by atomic mass is 19.1. The molecule has 1 fully saturated rings. The highest BCUT2D eigenvalue weighted by Gasteiger charge is 2.23. The highest BCUT2D eigenvalue weighted by Crippen LogP contribution is 2.13. The average molecular weight is 314 g/mol. The average Bonchev–Trinajstić information content (AvgIpc) is 2.59. The summed E-state index contributed by atoms with van der Waals surface area (Å²) in [5, 5.41) is 17.7. The van der Waals surface area contributed by atoms with Crippen molar-refractivity contribution in [3.63, 3.8) is 0 Å². The molecular formula is C17H19FN4O. The van der Waals surface area contributed by atoms with Gasteiger partial charge in [-0.1, -0.05) is 0 Å². The molecule has 23 heavy (non-hydrogen) atoms. The van der Waals surface area contributed by atoms with E-state index < -0.39 is 0 Å². The van der Waals surface area contributed by atoms with Crippen LogP contribution in [0.3, 0.4) is 0 Å². The molecule has 1 aliphatic heterocycles. The molecule has 120 valence electrons. The van der Waals surface area contributed by atoms with Gasteiger partial charge in [0, 0.05) is 44.7 Å². The molecule has 1 unspecified atom stereocenters. The summed E-state index contributed by atoms with van der Waals surface area (Å²) < 4.78 is 12.9. The third-order valence-electron chi connectivity index (χ3n) is 4.02. The molecule has 6 heteroatoms. The molecule has 0 radical (unpaired) electrons. The SMILES string of the molecule is N#CCCC(C#N)CN1CCN(C(=O)c2ccc(F)cc2)CC1. The number of benzene rings is 1.